The van der Waals surface area contributed by atoms with Crippen molar-refractivity contribution in [2.45, 2.75) is 52.7 Å². The maximum atomic E-state index is 13.0. The van der Waals surface area contributed by atoms with Crippen molar-refractivity contribution in [1.29, 1.82) is 0 Å². The summed E-state index contributed by atoms with van der Waals surface area (Å²) < 4.78 is 18.8. The predicted molar refractivity (Wildman–Crippen MR) is 110 cm³/mol. The van der Waals surface area contributed by atoms with Crippen molar-refractivity contribution in [3.63, 3.8) is 0 Å². The van der Waals surface area contributed by atoms with Gasteiger partial charge in [0.2, 0.25) is 5.91 Å². The maximum absolute atomic E-state index is 13.0. The van der Waals surface area contributed by atoms with Gasteiger partial charge < -0.3 is 20.3 Å². The molecular weight excluding hydrogens is 359 g/mol. The monoisotopic (exact) mass is 392 g/mol. The Morgan fingerprint density at radius 3 is 2.46 bits per heavy atom. The molecular formula is C21H33FN4O2. The second-order valence-electron chi connectivity index (χ2n) is 7.50. The van der Waals surface area contributed by atoms with Crippen LogP contribution in [0.15, 0.2) is 29.3 Å². The van der Waals surface area contributed by atoms with Crippen LogP contribution in [0.3, 0.4) is 0 Å². The van der Waals surface area contributed by atoms with E-state index in [1.807, 2.05) is 32.6 Å². The van der Waals surface area contributed by atoms with Crippen LogP contribution < -0.4 is 15.4 Å². The molecule has 1 aliphatic rings. The molecule has 0 bridgehead atoms. The molecule has 28 heavy (non-hydrogen) atoms. The van der Waals surface area contributed by atoms with Crippen LogP contribution in [0, 0.1) is 11.7 Å². The van der Waals surface area contributed by atoms with Crippen LogP contribution in [-0.4, -0.2) is 55.1 Å². The third-order valence-corrected chi connectivity index (χ3v) is 4.64. The molecule has 1 unspecified atom stereocenters. The SMILES string of the molecule is CCNC(=NCC(C)Oc1ccc(F)cc1)NC1CCN(C(=O)C(C)C)CC1. The fraction of sp³-hybridized carbons (Fsp3) is 0.619. The topological polar surface area (TPSA) is 66.0 Å². The van der Waals surface area contributed by atoms with Crippen LogP contribution in [0.5, 0.6) is 5.75 Å². The number of hydrogen-bond donors (Lipinski definition) is 2. The van der Waals surface area contributed by atoms with Gasteiger partial charge in [0.15, 0.2) is 5.96 Å². The molecule has 1 fully saturated rings. The van der Waals surface area contributed by atoms with Crippen molar-refractivity contribution in [3.05, 3.63) is 30.1 Å². The van der Waals surface area contributed by atoms with Gasteiger partial charge in [-0.05, 0) is 51.0 Å². The Hall–Kier alpha value is -2.31. The number of hydrogen-bond acceptors (Lipinski definition) is 3. The lowest BCUT2D eigenvalue weighted by atomic mass is 10.0. The first-order valence-corrected chi connectivity index (χ1v) is 10.1. The molecule has 156 valence electrons. The van der Waals surface area contributed by atoms with Crippen molar-refractivity contribution < 1.29 is 13.9 Å². The zero-order valence-electron chi connectivity index (χ0n) is 17.4. The summed E-state index contributed by atoms with van der Waals surface area (Å²) in [5.74, 6) is 1.38. The van der Waals surface area contributed by atoms with Crippen molar-refractivity contribution in [3.8, 4) is 5.75 Å². The van der Waals surface area contributed by atoms with Gasteiger partial charge in [-0.3, -0.25) is 4.79 Å². The lowest BCUT2D eigenvalue weighted by Crippen LogP contribution is -2.50. The minimum Gasteiger partial charge on any atom is -0.489 e. The summed E-state index contributed by atoms with van der Waals surface area (Å²) in [5.41, 5.74) is 0. The fourth-order valence-electron chi connectivity index (χ4n) is 3.13. The van der Waals surface area contributed by atoms with E-state index in [-0.39, 0.29) is 23.7 Å². The van der Waals surface area contributed by atoms with E-state index in [2.05, 4.69) is 15.6 Å². The van der Waals surface area contributed by atoms with Gasteiger partial charge in [0.05, 0.1) is 6.54 Å². The van der Waals surface area contributed by atoms with E-state index in [0.717, 1.165) is 38.4 Å². The number of aliphatic imine (C=N–C) groups is 1. The van der Waals surface area contributed by atoms with E-state index in [9.17, 15) is 9.18 Å². The van der Waals surface area contributed by atoms with Crippen LogP contribution in [0.25, 0.3) is 0 Å². The van der Waals surface area contributed by atoms with Crippen LogP contribution >= 0.6 is 0 Å². The lowest BCUT2D eigenvalue weighted by molar-refractivity contribution is -0.135. The molecule has 1 atom stereocenters. The number of carbonyl (C=O) groups is 1. The number of carbonyl (C=O) groups excluding carboxylic acids is 1. The number of halogens is 1. The van der Waals surface area contributed by atoms with Crippen molar-refractivity contribution in [2.75, 3.05) is 26.2 Å². The molecule has 6 nitrogen and oxygen atoms in total. The number of ether oxygens (including phenoxy) is 1. The zero-order valence-corrected chi connectivity index (χ0v) is 17.4. The van der Waals surface area contributed by atoms with Gasteiger partial charge in [0.1, 0.15) is 17.7 Å². The quantitative estimate of drug-likeness (QED) is 0.553. The molecule has 1 saturated heterocycles. The molecule has 1 heterocycles. The molecule has 0 spiro atoms. The van der Waals surface area contributed by atoms with Gasteiger partial charge in [-0.25, -0.2) is 9.38 Å². The van der Waals surface area contributed by atoms with Crippen LogP contribution in [0.4, 0.5) is 4.39 Å². The van der Waals surface area contributed by atoms with Gasteiger partial charge in [-0.1, -0.05) is 13.8 Å². The Kier molecular flexibility index (Phi) is 8.54. The van der Waals surface area contributed by atoms with E-state index in [0.29, 0.717) is 18.3 Å². The molecule has 2 rings (SSSR count). The fourth-order valence-corrected chi connectivity index (χ4v) is 3.13. The second kappa shape index (κ2) is 10.9. The molecule has 1 aromatic carbocycles. The van der Waals surface area contributed by atoms with Gasteiger partial charge in [-0.15, -0.1) is 0 Å². The summed E-state index contributed by atoms with van der Waals surface area (Å²) in [6.45, 7) is 10.7. The highest BCUT2D eigenvalue weighted by Crippen LogP contribution is 2.14. The van der Waals surface area contributed by atoms with Crippen LogP contribution in [0.1, 0.15) is 40.5 Å². The highest BCUT2D eigenvalue weighted by molar-refractivity contribution is 5.80. The van der Waals surface area contributed by atoms with Crippen LogP contribution in [-0.2, 0) is 4.79 Å². The van der Waals surface area contributed by atoms with E-state index in [4.69, 9.17) is 4.74 Å². The summed E-state index contributed by atoms with van der Waals surface area (Å²) in [6, 6.07) is 6.29. The average Bonchev–Trinajstić information content (AvgIpc) is 2.68. The molecule has 0 radical (unpaired) electrons. The molecule has 0 aliphatic carbocycles. The first kappa shape index (κ1) is 22.0. The second-order valence-corrected chi connectivity index (χ2v) is 7.50. The van der Waals surface area contributed by atoms with E-state index in [1.165, 1.54) is 12.1 Å². The van der Waals surface area contributed by atoms with Crippen molar-refractivity contribution in [1.82, 2.24) is 15.5 Å². The highest BCUT2D eigenvalue weighted by Gasteiger charge is 2.24. The molecule has 0 aromatic heterocycles. The lowest BCUT2D eigenvalue weighted by Gasteiger charge is -2.34. The summed E-state index contributed by atoms with van der Waals surface area (Å²) in [4.78, 5) is 18.7. The molecule has 0 saturated carbocycles. The largest absolute Gasteiger partial charge is 0.489 e. The Bertz CT molecular complexity index is 640. The molecule has 1 amide bonds. The first-order valence-electron chi connectivity index (χ1n) is 10.1. The Labute approximate surface area is 167 Å². The number of piperidine rings is 1. The van der Waals surface area contributed by atoms with Gasteiger partial charge in [0.25, 0.3) is 0 Å². The Morgan fingerprint density at radius 2 is 1.89 bits per heavy atom. The third kappa shape index (κ3) is 7.02. The number of guanidine groups is 1. The van der Waals surface area contributed by atoms with Crippen molar-refractivity contribution >= 4 is 11.9 Å². The minimum atomic E-state index is -0.280. The summed E-state index contributed by atoms with van der Waals surface area (Å²) >= 11 is 0. The van der Waals surface area contributed by atoms with E-state index >= 15 is 0 Å². The Balaban J connectivity index is 1.83. The number of likely N-dealkylation sites (tertiary alicyclic amines) is 1. The third-order valence-electron chi connectivity index (χ3n) is 4.64. The first-order chi connectivity index (χ1) is 13.4. The average molecular weight is 393 g/mol. The predicted octanol–water partition coefficient (Wildman–Crippen LogP) is 2.80. The number of nitrogens with zero attached hydrogens (tertiary/aromatic N) is 2. The smallest absolute Gasteiger partial charge is 0.225 e. The number of nitrogens with one attached hydrogen (secondary N) is 2. The Morgan fingerprint density at radius 1 is 1.25 bits per heavy atom. The molecule has 2 N–H and O–H groups in total. The highest BCUT2D eigenvalue weighted by atomic mass is 19.1. The standard InChI is InChI=1S/C21H33FN4O2/c1-5-23-21(24-14-16(4)28-19-8-6-17(22)7-9-19)25-18-10-12-26(13-11-18)20(27)15(2)3/h6-9,15-16,18H,5,10-14H2,1-4H3,(H2,23,24,25). The van der Waals surface area contributed by atoms with E-state index < -0.39 is 0 Å². The molecule has 7 heteroatoms. The molecule has 1 aliphatic heterocycles. The van der Waals surface area contributed by atoms with Gasteiger partial charge in [-0.2, -0.15) is 0 Å². The van der Waals surface area contributed by atoms with Crippen LogP contribution in [0.2, 0.25) is 0 Å². The summed E-state index contributed by atoms with van der Waals surface area (Å²) in [6.07, 6.45) is 1.68. The summed E-state index contributed by atoms with van der Waals surface area (Å²) in [5, 5.41) is 6.73. The van der Waals surface area contributed by atoms with Crippen molar-refractivity contribution in [2.24, 2.45) is 10.9 Å². The van der Waals surface area contributed by atoms with Gasteiger partial charge >= 0.3 is 0 Å². The number of amides is 1. The summed E-state index contributed by atoms with van der Waals surface area (Å²) in [7, 11) is 0. The maximum Gasteiger partial charge on any atom is 0.225 e. The molecule has 1 aromatic rings. The normalized spacial score (nSPS) is 16.8. The van der Waals surface area contributed by atoms with Gasteiger partial charge in [0, 0.05) is 31.6 Å². The minimum absolute atomic E-state index is 0.0472. The number of benzene rings is 1. The number of rotatable bonds is 7. The zero-order chi connectivity index (χ0) is 20.5. The van der Waals surface area contributed by atoms with E-state index in [1.54, 1.807) is 12.1 Å².